The Morgan fingerprint density at radius 2 is 1.82 bits per heavy atom. The third-order valence-electron chi connectivity index (χ3n) is 4.51. The van der Waals surface area contributed by atoms with Crippen molar-refractivity contribution in [3.05, 3.63) is 64.7 Å². The van der Waals surface area contributed by atoms with Crippen molar-refractivity contribution in [3.63, 3.8) is 0 Å². The van der Waals surface area contributed by atoms with Gasteiger partial charge in [-0.3, -0.25) is 4.79 Å². The first-order valence-corrected chi connectivity index (χ1v) is 9.68. The molecule has 0 atom stereocenters. The van der Waals surface area contributed by atoms with E-state index in [1.165, 1.54) is 11.8 Å². The maximum atomic E-state index is 12.8. The molecule has 0 saturated carbocycles. The average Bonchev–Trinajstić information content (AvgIpc) is 3.05. The average molecular weight is 395 g/mol. The van der Waals surface area contributed by atoms with Crippen LogP contribution in [0.5, 0.6) is 0 Å². The van der Waals surface area contributed by atoms with Crippen LogP contribution >= 0.6 is 11.8 Å². The van der Waals surface area contributed by atoms with Crippen LogP contribution in [0.25, 0.3) is 0 Å². The van der Waals surface area contributed by atoms with Crippen molar-refractivity contribution >= 4 is 28.9 Å². The molecule has 28 heavy (non-hydrogen) atoms. The normalized spacial score (nSPS) is 14.4. The first-order valence-electron chi connectivity index (χ1n) is 8.87. The molecule has 144 valence electrons. The molecule has 0 amide bonds. The molecule has 0 unspecified atom stereocenters. The van der Waals surface area contributed by atoms with Crippen molar-refractivity contribution in [2.75, 3.05) is 43.2 Å². The summed E-state index contributed by atoms with van der Waals surface area (Å²) in [4.78, 5) is 17.5. The molecule has 0 fully saturated rings. The first kappa shape index (κ1) is 20.0. The molecular weight excluding hydrogens is 374 g/mol. The van der Waals surface area contributed by atoms with Gasteiger partial charge in [0, 0.05) is 36.3 Å². The van der Waals surface area contributed by atoms with Gasteiger partial charge in [0.2, 0.25) is 5.78 Å². The highest BCUT2D eigenvalue weighted by Gasteiger charge is 2.29. The second-order valence-corrected chi connectivity index (χ2v) is 7.27. The Balaban J connectivity index is 1.96. The molecule has 1 aliphatic rings. The largest absolute Gasteiger partial charge is 0.395 e. The molecule has 6 nitrogen and oxygen atoms in total. The fourth-order valence-corrected chi connectivity index (χ4v) is 4.27. The number of ketones is 1. The van der Waals surface area contributed by atoms with E-state index in [0.717, 1.165) is 16.3 Å². The lowest BCUT2D eigenvalue weighted by Gasteiger charge is -2.23. The van der Waals surface area contributed by atoms with E-state index in [4.69, 9.17) is 0 Å². The van der Waals surface area contributed by atoms with Crippen LogP contribution in [0, 0.1) is 11.3 Å². The minimum atomic E-state index is -0.298. The lowest BCUT2D eigenvalue weighted by Crippen LogP contribution is -2.29. The van der Waals surface area contributed by atoms with Gasteiger partial charge in [-0.15, -0.1) is 0 Å². The highest BCUT2D eigenvalue weighted by molar-refractivity contribution is 8.03. The zero-order chi connectivity index (χ0) is 20.1. The van der Waals surface area contributed by atoms with Crippen molar-refractivity contribution in [2.45, 2.75) is 4.90 Å². The van der Waals surface area contributed by atoms with E-state index in [1.807, 2.05) is 41.1 Å². The Morgan fingerprint density at radius 1 is 1.14 bits per heavy atom. The fraction of sp³-hybridized carbons (Fsp3) is 0.238. The standard InChI is InChI=1S/C21H21N3O3S/c1-23-18-8-7-16(24(9-11-25)10-12-26)13-19(18)28-21(23)17(14-22)20(27)15-5-3-2-4-6-15/h2-8,13,25-26H,9-12H2,1H3/b21-17+. The van der Waals surface area contributed by atoms with E-state index in [9.17, 15) is 20.3 Å². The number of allylic oxidation sites excluding steroid dienone is 1. The maximum Gasteiger partial charge on any atom is 0.206 e. The predicted molar refractivity (Wildman–Crippen MR) is 110 cm³/mol. The third kappa shape index (κ3) is 3.90. The molecule has 7 heteroatoms. The van der Waals surface area contributed by atoms with Crippen molar-refractivity contribution in [1.82, 2.24) is 0 Å². The van der Waals surface area contributed by atoms with Crippen LogP contribution < -0.4 is 9.80 Å². The summed E-state index contributed by atoms with van der Waals surface area (Å²) in [5, 5.41) is 28.8. The monoisotopic (exact) mass is 395 g/mol. The molecule has 0 aromatic heterocycles. The number of carbonyl (C=O) groups is 1. The van der Waals surface area contributed by atoms with Gasteiger partial charge >= 0.3 is 0 Å². The number of fused-ring (bicyclic) bond motifs is 1. The third-order valence-corrected chi connectivity index (χ3v) is 5.73. The van der Waals surface area contributed by atoms with E-state index in [2.05, 4.69) is 6.07 Å². The minimum Gasteiger partial charge on any atom is -0.395 e. The number of benzene rings is 2. The summed E-state index contributed by atoms with van der Waals surface area (Å²) in [5.41, 5.74) is 2.37. The van der Waals surface area contributed by atoms with Gasteiger partial charge in [-0.05, 0) is 18.2 Å². The quantitative estimate of drug-likeness (QED) is 0.423. The molecule has 2 aromatic carbocycles. The van der Waals surface area contributed by atoms with Gasteiger partial charge in [0.15, 0.2) is 0 Å². The number of anilines is 2. The van der Waals surface area contributed by atoms with Gasteiger partial charge in [-0.2, -0.15) is 5.26 Å². The van der Waals surface area contributed by atoms with Gasteiger partial charge in [-0.1, -0.05) is 42.1 Å². The molecule has 2 aromatic rings. The highest BCUT2D eigenvalue weighted by Crippen LogP contribution is 2.47. The smallest absolute Gasteiger partial charge is 0.206 e. The maximum absolute atomic E-state index is 12.8. The van der Waals surface area contributed by atoms with Crippen LogP contribution in [0.4, 0.5) is 11.4 Å². The van der Waals surface area contributed by atoms with Crippen LogP contribution in [0.3, 0.4) is 0 Å². The van der Waals surface area contributed by atoms with Crippen LogP contribution in [0.2, 0.25) is 0 Å². The second kappa shape index (κ2) is 8.93. The van der Waals surface area contributed by atoms with Crippen LogP contribution in [-0.2, 0) is 0 Å². The van der Waals surface area contributed by atoms with E-state index in [1.54, 1.807) is 24.3 Å². The molecule has 0 aliphatic carbocycles. The number of hydrogen-bond donors (Lipinski definition) is 2. The van der Waals surface area contributed by atoms with Crippen molar-refractivity contribution in [3.8, 4) is 6.07 Å². The zero-order valence-electron chi connectivity index (χ0n) is 15.5. The Morgan fingerprint density at radius 3 is 2.43 bits per heavy atom. The summed E-state index contributed by atoms with van der Waals surface area (Å²) in [6, 6.07) is 16.6. The second-order valence-electron chi connectivity index (χ2n) is 6.23. The summed E-state index contributed by atoms with van der Waals surface area (Å²) >= 11 is 1.38. The number of nitrogens with zero attached hydrogens (tertiary/aromatic N) is 3. The molecule has 2 N–H and O–H groups in total. The van der Waals surface area contributed by atoms with Gasteiger partial charge < -0.3 is 20.0 Å². The Labute approximate surface area is 168 Å². The van der Waals surface area contributed by atoms with Crippen LogP contribution in [0.1, 0.15) is 10.4 Å². The van der Waals surface area contributed by atoms with Gasteiger partial charge in [0.1, 0.15) is 16.7 Å². The number of aliphatic hydroxyl groups is 2. The van der Waals surface area contributed by atoms with E-state index in [0.29, 0.717) is 23.7 Å². The molecule has 1 aliphatic heterocycles. The summed E-state index contributed by atoms with van der Waals surface area (Å²) in [6.45, 7) is 0.801. The number of aliphatic hydroxyl groups excluding tert-OH is 2. The van der Waals surface area contributed by atoms with E-state index < -0.39 is 0 Å². The van der Waals surface area contributed by atoms with Crippen molar-refractivity contribution in [2.24, 2.45) is 0 Å². The molecule has 0 saturated heterocycles. The number of thioether (sulfide) groups is 1. The zero-order valence-corrected chi connectivity index (χ0v) is 16.3. The first-order chi connectivity index (χ1) is 13.6. The number of carbonyl (C=O) groups excluding carboxylic acids is 1. The molecule has 0 bridgehead atoms. The van der Waals surface area contributed by atoms with Crippen molar-refractivity contribution < 1.29 is 15.0 Å². The summed E-state index contributed by atoms with van der Waals surface area (Å²) < 4.78 is 0. The predicted octanol–water partition coefficient (Wildman–Crippen LogP) is 2.64. The van der Waals surface area contributed by atoms with Crippen LogP contribution in [-0.4, -0.2) is 49.3 Å². The number of Topliss-reactive ketones (excluding diaryl/α,β-unsaturated/α-hetero) is 1. The number of nitriles is 1. The minimum absolute atomic E-state index is 0.0144. The van der Waals surface area contributed by atoms with E-state index >= 15 is 0 Å². The van der Waals surface area contributed by atoms with E-state index in [-0.39, 0.29) is 24.6 Å². The van der Waals surface area contributed by atoms with Crippen LogP contribution in [0.15, 0.2) is 64.0 Å². The van der Waals surface area contributed by atoms with Crippen molar-refractivity contribution in [1.29, 1.82) is 5.26 Å². The summed E-state index contributed by atoms with van der Waals surface area (Å²) in [6.07, 6.45) is 0. The molecule has 0 radical (unpaired) electrons. The lowest BCUT2D eigenvalue weighted by molar-refractivity contribution is 0.103. The summed E-state index contributed by atoms with van der Waals surface area (Å²) in [5.74, 6) is -0.298. The van der Waals surface area contributed by atoms with Gasteiger partial charge in [-0.25, -0.2) is 0 Å². The molecule has 0 spiro atoms. The molecular formula is C21H21N3O3S. The number of rotatable bonds is 7. The SMILES string of the molecule is CN1/C(=C(/C#N)C(=O)c2ccccc2)Sc2cc(N(CCO)CCO)ccc21. The topological polar surface area (TPSA) is 87.8 Å². The highest BCUT2D eigenvalue weighted by atomic mass is 32.2. The Kier molecular flexibility index (Phi) is 6.37. The number of hydrogen-bond acceptors (Lipinski definition) is 7. The lowest BCUT2D eigenvalue weighted by atomic mass is 10.1. The molecule has 1 heterocycles. The van der Waals surface area contributed by atoms with Gasteiger partial charge in [0.25, 0.3) is 0 Å². The molecule has 3 rings (SSSR count). The Bertz CT molecular complexity index is 932. The fourth-order valence-electron chi connectivity index (χ4n) is 3.10. The Hall–Kier alpha value is -2.79. The van der Waals surface area contributed by atoms with Gasteiger partial charge in [0.05, 0.1) is 18.9 Å². The summed E-state index contributed by atoms with van der Waals surface area (Å²) in [7, 11) is 1.84.